The second-order valence-electron chi connectivity index (χ2n) is 4.13. The van der Waals surface area contributed by atoms with Crippen LogP contribution in [0.25, 0.3) is 11.4 Å². The Morgan fingerprint density at radius 3 is 2.81 bits per heavy atom. The van der Waals surface area contributed by atoms with Crippen molar-refractivity contribution in [3.05, 3.63) is 42.2 Å². The van der Waals surface area contributed by atoms with Crippen LogP contribution in [0.15, 0.2) is 36.5 Å². The maximum absolute atomic E-state index is 9.41. The summed E-state index contributed by atoms with van der Waals surface area (Å²) < 4.78 is 0. The lowest BCUT2D eigenvalue weighted by Gasteiger charge is -2.02. The van der Waals surface area contributed by atoms with Crippen LogP contribution in [0.3, 0.4) is 0 Å². The van der Waals surface area contributed by atoms with Gasteiger partial charge in [-0.05, 0) is 31.0 Å². The van der Waals surface area contributed by atoms with Gasteiger partial charge in [0.05, 0.1) is 0 Å². The van der Waals surface area contributed by atoms with E-state index in [1.807, 2.05) is 12.1 Å². The van der Waals surface area contributed by atoms with Gasteiger partial charge < -0.3 is 5.11 Å². The fourth-order valence-corrected chi connectivity index (χ4v) is 1.76. The van der Waals surface area contributed by atoms with E-state index in [9.17, 15) is 5.11 Å². The Hall–Kier alpha value is -1.90. The van der Waals surface area contributed by atoms with E-state index in [1.165, 1.54) is 12.8 Å². The Morgan fingerprint density at radius 2 is 2.06 bits per heavy atom. The Labute approximate surface area is 93.8 Å². The van der Waals surface area contributed by atoms with Crippen molar-refractivity contribution in [3.8, 4) is 17.1 Å². The van der Waals surface area contributed by atoms with Crippen LogP contribution in [-0.2, 0) is 0 Å². The molecule has 1 aromatic carbocycles. The molecule has 0 atom stereocenters. The summed E-state index contributed by atoms with van der Waals surface area (Å²) in [4.78, 5) is 8.76. The summed E-state index contributed by atoms with van der Waals surface area (Å²) in [7, 11) is 0. The van der Waals surface area contributed by atoms with Gasteiger partial charge in [0, 0.05) is 23.4 Å². The number of phenolic OH excluding ortho intramolecular Hbond substituents is 1. The molecule has 2 aromatic rings. The highest BCUT2D eigenvalue weighted by Gasteiger charge is 2.25. The minimum atomic E-state index is 0.248. The number of aromatic hydroxyl groups is 1. The molecule has 0 saturated heterocycles. The molecule has 0 radical (unpaired) electrons. The number of phenols is 1. The molecule has 0 amide bonds. The van der Waals surface area contributed by atoms with Crippen LogP contribution in [0.5, 0.6) is 5.75 Å². The van der Waals surface area contributed by atoms with Gasteiger partial charge in [0.2, 0.25) is 0 Å². The zero-order valence-electron chi connectivity index (χ0n) is 8.80. The first kappa shape index (κ1) is 9.33. The minimum Gasteiger partial charge on any atom is -0.508 e. The molecule has 1 saturated carbocycles. The van der Waals surface area contributed by atoms with Crippen LogP contribution in [-0.4, -0.2) is 15.1 Å². The molecule has 0 unspecified atom stereocenters. The Morgan fingerprint density at radius 1 is 1.19 bits per heavy atom. The van der Waals surface area contributed by atoms with Gasteiger partial charge in [-0.25, -0.2) is 9.97 Å². The second-order valence-corrected chi connectivity index (χ2v) is 4.13. The van der Waals surface area contributed by atoms with Crippen molar-refractivity contribution >= 4 is 0 Å². The zero-order valence-corrected chi connectivity index (χ0v) is 8.80. The molecule has 3 nitrogen and oxygen atoms in total. The number of aromatic nitrogens is 2. The van der Waals surface area contributed by atoms with E-state index in [1.54, 1.807) is 24.4 Å². The molecule has 1 aromatic heterocycles. The monoisotopic (exact) mass is 212 g/mol. The van der Waals surface area contributed by atoms with Crippen molar-refractivity contribution in [2.24, 2.45) is 0 Å². The van der Waals surface area contributed by atoms with Crippen LogP contribution in [0.2, 0.25) is 0 Å². The largest absolute Gasteiger partial charge is 0.508 e. The maximum atomic E-state index is 9.41. The van der Waals surface area contributed by atoms with Crippen LogP contribution in [0.1, 0.15) is 24.5 Å². The molecule has 3 rings (SSSR count). The van der Waals surface area contributed by atoms with Crippen molar-refractivity contribution in [2.45, 2.75) is 18.8 Å². The van der Waals surface area contributed by atoms with Gasteiger partial charge in [-0.15, -0.1) is 0 Å². The summed E-state index contributed by atoms with van der Waals surface area (Å²) in [5, 5.41) is 9.41. The normalized spacial score (nSPS) is 15.0. The Balaban J connectivity index is 2.02. The predicted octanol–water partition coefficient (Wildman–Crippen LogP) is 2.73. The highest BCUT2D eigenvalue weighted by molar-refractivity contribution is 5.57. The standard InChI is InChI=1S/C13H12N2O/c16-11-3-1-2-10(8-11)13-14-7-6-12(15-13)9-4-5-9/h1-3,6-9,16H,4-5H2. The lowest BCUT2D eigenvalue weighted by Crippen LogP contribution is -1.92. The van der Waals surface area contributed by atoms with Crippen LogP contribution < -0.4 is 0 Å². The van der Waals surface area contributed by atoms with E-state index < -0.39 is 0 Å². The molecular weight excluding hydrogens is 200 g/mol. The first-order valence-electron chi connectivity index (χ1n) is 5.45. The lowest BCUT2D eigenvalue weighted by atomic mass is 10.2. The average Bonchev–Trinajstić information content (AvgIpc) is 3.13. The van der Waals surface area contributed by atoms with Crippen molar-refractivity contribution in [1.29, 1.82) is 0 Å². The van der Waals surface area contributed by atoms with Gasteiger partial charge in [0.15, 0.2) is 5.82 Å². The van der Waals surface area contributed by atoms with Gasteiger partial charge in [0.25, 0.3) is 0 Å². The summed E-state index contributed by atoms with van der Waals surface area (Å²) in [5.41, 5.74) is 1.98. The molecule has 0 bridgehead atoms. The zero-order chi connectivity index (χ0) is 11.0. The van der Waals surface area contributed by atoms with E-state index in [0.717, 1.165) is 11.3 Å². The third-order valence-electron chi connectivity index (χ3n) is 2.78. The van der Waals surface area contributed by atoms with Crippen molar-refractivity contribution in [1.82, 2.24) is 9.97 Å². The van der Waals surface area contributed by atoms with Crippen LogP contribution in [0.4, 0.5) is 0 Å². The second kappa shape index (κ2) is 3.59. The Kier molecular flexibility index (Phi) is 2.10. The number of hydrogen-bond acceptors (Lipinski definition) is 3. The van der Waals surface area contributed by atoms with Crippen molar-refractivity contribution < 1.29 is 5.11 Å². The lowest BCUT2D eigenvalue weighted by molar-refractivity contribution is 0.475. The maximum Gasteiger partial charge on any atom is 0.159 e. The number of rotatable bonds is 2. The SMILES string of the molecule is Oc1cccc(-c2nccc(C3CC3)n2)c1. The fourth-order valence-electron chi connectivity index (χ4n) is 1.76. The summed E-state index contributed by atoms with van der Waals surface area (Å²) in [6, 6.07) is 9.02. The smallest absolute Gasteiger partial charge is 0.159 e. The molecule has 1 N–H and O–H groups in total. The van der Waals surface area contributed by atoms with Crippen molar-refractivity contribution in [3.63, 3.8) is 0 Å². The third-order valence-corrected chi connectivity index (χ3v) is 2.78. The first-order valence-corrected chi connectivity index (χ1v) is 5.45. The van der Waals surface area contributed by atoms with Crippen LogP contribution >= 0.6 is 0 Å². The van der Waals surface area contributed by atoms with E-state index in [-0.39, 0.29) is 5.75 Å². The molecule has 0 aliphatic heterocycles. The number of benzene rings is 1. The first-order chi connectivity index (χ1) is 7.83. The summed E-state index contributed by atoms with van der Waals surface area (Å²) in [5.74, 6) is 1.57. The topological polar surface area (TPSA) is 46.0 Å². The fraction of sp³-hybridized carbons (Fsp3) is 0.231. The summed E-state index contributed by atoms with van der Waals surface area (Å²) in [6.07, 6.45) is 4.26. The average molecular weight is 212 g/mol. The highest BCUT2D eigenvalue weighted by atomic mass is 16.3. The number of hydrogen-bond donors (Lipinski definition) is 1. The summed E-state index contributed by atoms with van der Waals surface area (Å²) in [6.45, 7) is 0. The van der Waals surface area contributed by atoms with E-state index >= 15 is 0 Å². The minimum absolute atomic E-state index is 0.248. The molecule has 80 valence electrons. The Bertz CT molecular complexity index is 521. The van der Waals surface area contributed by atoms with Gasteiger partial charge in [-0.2, -0.15) is 0 Å². The van der Waals surface area contributed by atoms with E-state index in [0.29, 0.717) is 11.7 Å². The highest BCUT2D eigenvalue weighted by Crippen LogP contribution is 2.39. The van der Waals surface area contributed by atoms with Gasteiger partial charge >= 0.3 is 0 Å². The molecule has 1 aliphatic carbocycles. The quantitative estimate of drug-likeness (QED) is 0.832. The molecule has 1 aliphatic rings. The molecular formula is C13H12N2O. The van der Waals surface area contributed by atoms with E-state index in [2.05, 4.69) is 9.97 Å². The number of nitrogens with zero attached hydrogens (tertiary/aromatic N) is 2. The molecule has 3 heteroatoms. The third kappa shape index (κ3) is 1.76. The molecule has 1 heterocycles. The van der Waals surface area contributed by atoms with Crippen LogP contribution in [0, 0.1) is 0 Å². The summed E-state index contributed by atoms with van der Waals surface area (Å²) >= 11 is 0. The molecule has 0 spiro atoms. The van der Waals surface area contributed by atoms with E-state index in [4.69, 9.17) is 0 Å². The molecule has 1 fully saturated rings. The van der Waals surface area contributed by atoms with Gasteiger partial charge in [-0.3, -0.25) is 0 Å². The van der Waals surface area contributed by atoms with Gasteiger partial charge in [0.1, 0.15) is 5.75 Å². The molecule has 16 heavy (non-hydrogen) atoms. The van der Waals surface area contributed by atoms with Gasteiger partial charge in [-0.1, -0.05) is 12.1 Å². The predicted molar refractivity (Wildman–Crippen MR) is 61.1 cm³/mol. The van der Waals surface area contributed by atoms with Crippen molar-refractivity contribution in [2.75, 3.05) is 0 Å².